The molecule has 0 saturated heterocycles. The van der Waals surface area contributed by atoms with Gasteiger partial charge in [-0.1, -0.05) is 84.4 Å². The lowest BCUT2D eigenvalue weighted by atomic mass is 9.80. The highest BCUT2D eigenvalue weighted by Crippen LogP contribution is 2.39. The molecular weight excluding hydrogens is 396 g/mol. The number of esters is 1. The van der Waals surface area contributed by atoms with Crippen molar-refractivity contribution >= 4 is 29.1 Å². The van der Waals surface area contributed by atoms with E-state index in [1.165, 1.54) is 0 Å². The minimum Gasteiger partial charge on any atom is -0.426 e. The predicted molar refractivity (Wildman–Crippen MR) is 118 cm³/mol. The van der Waals surface area contributed by atoms with Crippen LogP contribution in [-0.2, 0) is 9.53 Å². The molecule has 0 unspecified atom stereocenters. The maximum atomic E-state index is 13.0. The van der Waals surface area contributed by atoms with Gasteiger partial charge in [0.15, 0.2) is 5.78 Å². The van der Waals surface area contributed by atoms with Gasteiger partial charge in [-0.05, 0) is 30.2 Å². The topological polar surface area (TPSA) is 43.4 Å². The van der Waals surface area contributed by atoms with Gasteiger partial charge in [0.2, 0.25) is 0 Å². The van der Waals surface area contributed by atoms with Crippen LogP contribution in [0.3, 0.4) is 0 Å². The molecule has 0 bridgehead atoms. The number of cyclic esters (lactones) is 1. The summed E-state index contributed by atoms with van der Waals surface area (Å²) in [5.41, 5.74) is 2.48. The van der Waals surface area contributed by atoms with Crippen molar-refractivity contribution < 1.29 is 14.3 Å². The second-order valence-corrected chi connectivity index (χ2v) is 7.77. The molecule has 4 rings (SSSR count). The molecule has 0 aromatic heterocycles. The summed E-state index contributed by atoms with van der Waals surface area (Å²) in [4.78, 5) is 25.6. The first-order chi connectivity index (χ1) is 14.6. The molecule has 1 aliphatic heterocycles. The van der Waals surface area contributed by atoms with Crippen LogP contribution < -0.4 is 0 Å². The van der Waals surface area contributed by atoms with Crippen LogP contribution in [0.1, 0.15) is 40.2 Å². The smallest absolute Gasteiger partial charge is 0.315 e. The number of hydrogen-bond acceptors (Lipinski definition) is 3. The van der Waals surface area contributed by atoms with Crippen LogP contribution >= 0.6 is 11.6 Å². The summed E-state index contributed by atoms with van der Waals surface area (Å²) in [5, 5.41) is 0.639. The molecule has 30 heavy (non-hydrogen) atoms. The lowest BCUT2D eigenvalue weighted by molar-refractivity contribution is -0.143. The first-order valence-electron chi connectivity index (χ1n) is 9.94. The third kappa shape index (κ3) is 4.52. The number of carbonyl (C=O) groups excluding carboxylic acids is 2. The standard InChI is InChI=1S/C26H21ClO3/c27-21-13-11-18(12-14-21)23-17-25(20-9-5-2-6-10-20)30-26(29)22(23)15-16-24(28)19-7-3-1-4-8-19/h1-14,17,22-23H,15-16H2/t22-,23+/m0/s1. The Hall–Kier alpha value is -3.17. The maximum Gasteiger partial charge on any atom is 0.315 e. The van der Waals surface area contributed by atoms with Crippen LogP contribution in [0, 0.1) is 5.92 Å². The molecular formula is C26H21ClO3. The fourth-order valence-corrected chi connectivity index (χ4v) is 3.89. The van der Waals surface area contributed by atoms with Crippen molar-refractivity contribution in [1.82, 2.24) is 0 Å². The molecule has 0 fully saturated rings. The molecule has 3 aromatic carbocycles. The largest absolute Gasteiger partial charge is 0.426 e. The molecule has 0 saturated carbocycles. The zero-order valence-electron chi connectivity index (χ0n) is 16.3. The minimum atomic E-state index is -0.439. The lowest BCUT2D eigenvalue weighted by Gasteiger charge is -2.29. The van der Waals surface area contributed by atoms with E-state index in [1.807, 2.05) is 78.9 Å². The zero-order valence-corrected chi connectivity index (χ0v) is 17.1. The summed E-state index contributed by atoms with van der Waals surface area (Å²) in [6.07, 6.45) is 2.68. The van der Waals surface area contributed by atoms with E-state index in [4.69, 9.17) is 16.3 Å². The third-order valence-electron chi connectivity index (χ3n) is 5.37. The Morgan fingerprint density at radius 3 is 2.17 bits per heavy atom. The van der Waals surface area contributed by atoms with Crippen molar-refractivity contribution in [3.8, 4) is 0 Å². The van der Waals surface area contributed by atoms with E-state index < -0.39 is 5.92 Å². The van der Waals surface area contributed by atoms with Crippen LogP contribution in [0.5, 0.6) is 0 Å². The molecule has 150 valence electrons. The SMILES string of the molecule is O=C(CC[C@@H]1C(=O)OC(c2ccccc2)=C[C@@H]1c1ccc(Cl)cc1)c1ccccc1. The van der Waals surface area contributed by atoms with Crippen molar-refractivity contribution in [1.29, 1.82) is 0 Å². The van der Waals surface area contributed by atoms with Crippen LogP contribution in [0.2, 0.25) is 5.02 Å². The summed E-state index contributed by atoms with van der Waals surface area (Å²) < 4.78 is 5.68. The summed E-state index contributed by atoms with van der Waals surface area (Å²) in [7, 11) is 0. The molecule has 0 aliphatic carbocycles. The second-order valence-electron chi connectivity index (χ2n) is 7.33. The fourth-order valence-electron chi connectivity index (χ4n) is 3.77. The number of carbonyl (C=O) groups is 2. The first kappa shape index (κ1) is 20.1. The van der Waals surface area contributed by atoms with Crippen molar-refractivity contribution in [2.75, 3.05) is 0 Å². The van der Waals surface area contributed by atoms with Crippen molar-refractivity contribution in [2.45, 2.75) is 18.8 Å². The number of ether oxygens (including phenoxy) is 1. The summed E-state index contributed by atoms with van der Waals surface area (Å²) in [6.45, 7) is 0. The summed E-state index contributed by atoms with van der Waals surface area (Å²) in [5.74, 6) is -0.368. The van der Waals surface area contributed by atoms with Crippen LogP contribution in [-0.4, -0.2) is 11.8 Å². The normalized spacial score (nSPS) is 18.4. The predicted octanol–water partition coefficient (Wildman–Crippen LogP) is 6.30. The van der Waals surface area contributed by atoms with E-state index in [0.717, 1.165) is 11.1 Å². The fraction of sp³-hybridized carbons (Fsp3) is 0.154. The molecule has 0 radical (unpaired) electrons. The van der Waals surface area contributed by atoms with Gasteiger partial charge < -0.3 is 4.74 Å². The van der Waals surface area contributed by atoms with Gasteiger partial charge in [0.25, 0.3) is 0 Å². The Bertz CT molecular complexity index is 1060. The summed E-state index contributed by atoms with van der Waals surface area (Å²) >= 11 is 6.06. The van der Waals surface area contributed by atoms with E-state index in [0.29, 0.717) is 22.8 Å². The minimum absolute atomic E-state index is 0.0242. The van der Waals surface area contributed by atoms with Gasteiger partial charge in [0.1, 0.15) is 5.76 Å². The number of hydrogen-bond donors (Lipinski definition) is 0. The monoisotopic (exact) mass is 416 g/mol. The molecule has 0 spiro atoms. The molecule has 4 heteroatoms. The van der Waals surface area contributed by atoms with Crippen molar-refractivity contribution in [3.63, 3.8) is 0 Å². The van der Waals surface area contributed by atoms with E-state index in [2.05, 4.69) is 0 Å². The number of ketones is 1. The van der Waals surface area contributed by atoms with E-state index >= 15 is 0 Å². The third-order valence-corrected chi connectivity index (χ3v) is 5.62. The number of halogens is 1. The first-order valence-corrected chi connectivity index (χ1v) is 10.3. The van der Waals surface area contributed by atoms with Crippen LogP contribution in [0.4, 0.5) is 0 Å². The molecule has 3 aromatic rings. The van der Waals surface area contributed by atoms with Gasteiger partial charge in [0, 0.05) is 28.5 Å². The molecule has 1 heterocycles. The Balaban J connectivity index is 1.62. The molecule has 0 amide bonds. The van der Waals surface area contributed by atoms with Gasteiger partial charge in [-0.25, -0.2) is 0 Å². The van der Waals surface area contributed by atoms with Crippen LogP contribution in [0.15, 0.2) is 91.0 Å². The van der Waals surface area contributed by atoms with Gasteiger partial charge >= 0.3 is 5.97 Å². The molecule has 3 nitrogen and oxygen atoms in total. The zero-order chi connectivity index (χ0) is 20.9. The molecule has 1 aliphatic rings. The average Bonchev–Trinajstić information content (AvgIpc) is 2.79. The van der Waals surface area contributed by atoms with E-state index in [9.17, 15) is 9.59 Å². The summed E-state index contributed by atoms with van der Waals surface area (Å²) in [6, 6.07) is 26.2. The van der Waals surface area contributed by atoms with Gasteiger partial charge in [-0.15, -0.1) is 0 Å². The highest BCUT2D eigenvalue weighted by molar-refractivity contribution is 6.30. The Morgan fingerprint density at radius 1 is 0.867 bits per heavy atom. The highest BCUT2D eigenvalue weighted by Gasteiger charge is 2.35. The number of benzene rings is 3. The maximum absolute atomic E-state index is 13.0. The average molecular weight is 417 g/mol. The van der Waals surface area contributed by atoms with Crippen LogP contribution in [0.25, 0.3) is 5.76 Å². The highest BCUT2D eigenvalue weighted by atomic mass is 35.5. The Kier molecular flexibility index (Phi) is 6.10. The lowest BCUT2D eigenvalue weighted by Crippen LogP contribution is -2.28. The van der Waals surface area contributed by atoms with E-state index in [1.54, 1.807) is 12.1 Å². The number of allylic oxidation sites excluding steroid dienone is 1. The van der Waals surface area contributed by atoms with Crippen molar-refractivity contribution in [3.05, 3.63) is 113 Å². The van der Waals surface area contributed by atoms with Gasteiger partial charge in [0.05, 0.1) is 5.92 Å². The number of rotatable bonds is 6. The molecule has 2 atom stereocenters. The Morgan fingerprint density at radius 2 is 1.50 bits per heavy atom. The second kappa shape index (κ2) is 9.10. The quantitative estimate of drug-likeness (QED) is 0.349. The van der Waals surface area contributed by atoms with Crippen molar-refractivity contribution in [2.24, 2.45) is 5.92 Å². The van der Waals surface area contributed by atoms with Gasteiger partial charge in [-0.3, -0.25) is 9.59 Å². The van der Waals surface area contributed by atoms with E-state index in [-0.39, 0.29) is 24.1 Å². The molecule has 0 N–H and O–H groups in total. The Labute approximate surface area is 181 Å². The van der Waals surface area contributed by atoms with Gasteiger partial charge in [-0.2, -0.15) is 0 Å². The number of Topliss-reactive ketones (excluding diaryl/α,β-unsaturated/α-hetero) is 1.